The Kier molecular flexibility index (Phi) is 5.12. The van der Waals surface area contributed by atoms with Gasteiger partial charge < -0.3 is 4.90 Å². The highest BCUT2D eigenvalue weighted by Gasteiger charge is 2.30. The van der Waals surface area contributed by atoms with Gasteiger partial charge in [-0.3, -0.25) is 4.79 Å². The Bertz CT molecular complexity index is 881. The van der Waals surface area contributed by atoms with Crippen LogP contribution < -0.4 is 0 Å². The summed E-state index contributed by atoms with van der Waals surface area (Å²) in [5.74, 6) is -0.0874. The molecule has 140 valence electrons. The fourth-order valence-electron chi connectivity index (χ4n) is 2.92. The summed E-state index contributed by atoms with van der Waals surface area (Å²) in [5.41, 5.74) is 2.50. The summed E-state index contributed by atoms with van der Waals surface area (Å²) in [6.45, 7) is 3.33. The smallest absolute Gasteiger partial charge is 0.281 e. The molecule has 9 heteroatoms. The maximum atomic E-state index is 12.7. The standard InChI is InChI=1S/C17H23N5O3S/c1-14-8-9-18-22(14)16-6-4-15(5-7-16)17(23)20-10-12-21(13-11-20)26(24,25)19(2)3/h4-9H,10-13H2,1-3H3. The minimum atomic E-state index is -3.43. The predicted molar refractivity (Wildman–Crippen MR) is 98.4 cm³/mol. The number of carbonyl (C=O) groups excluding carboxylic acids is 1. The monoisotopic (exact) mass is 377 g/mol. The molecule has 1 aromatic heterocycles. The fraction of sp³-hybridized carbons (Fsp3) is 0.412. The van der Waals surface area contributed by atoms with E-state index >= 15 is 0 Å². The molecule has 8 nitrogen and oxygen atoms in total. The Morgan fingerprint density at radius 2 is 1.65 bits per heavy atom. The second kappa shape index (κ2) is 7.18. The van der Waals surface area contributed by atoms with E-state index in [1.165, 1.54) is 22.7 Å². The highest BCUT2D eigenvalue weighted by atomic mass is 32.2. The molecule has 1 aliphatic heterocycles. The lowest BCUT2D eigenvalue weighted by Crippen LogP contribution is -2.53. The first-order valence-corrected chi connectivity index (χ1v) is 9.78. The molecular formula is C17H23N5O3S. The SMILES string of the molecule is Cc1ccnn1-c1ccc(C(=O)N2CCN(S(=O)(=O)N(C)C)CC2)cc1. The van der Waals surface area contributed by atoms with Crippen LogP contribution in [0.25, 0.3) is 5.69 Å². The molecule has 1 fully saturated rings. The lowest BCUT2D eigenvalue weighted by Gasteiger charge is -2.35. The first-order valence-electron chi connectivity index (χ1n) is 8.38. The van der Waals surface area contributed by atoms with Gasteiger partial charge in [-0.05, 0) is 37.3 Å². The van der Waals surface area contributed by atoms with Crippen molar-refractivity contribution in [2.75, 3.05) is 40.3 Å². The van der Waals surface area contributed by atoms with E-state index in [4.69, 9.17) is 0 Å². The number of rotatable bonds is 4. The molecule has 0 atom stereocenters. The van der Waals surface area contributed by atoms with E-state index in [0.717, 1.165) is 11.4 Å². The van der Waals surface area contributed by atoms with Gasteiger partial charge in [0.25, 0.3) is 16.1 Å². The van der Waals surface area contributed by atoms with Crippen LogP contribution in [0.2, 0.25) is 0 Å². The zero-order chi connectivity index (χ0) is 18.9. The third-order valence-corrected chi connectivity index (χ3v) is 6.44. The third-order valence-electron chi connectivity index (χ3n) is 4.50. The number of aromatic nitrogens is 2. The first kappa shape index (κ1) is 18.6. The number of aryl methyl sites for hydroxylation is 1. The van der Waals surface area contributed by atoms with E-state index in [2.05, 4.69) is 5.10 Å². The second-order valence-corrected chi connectivity index (χ2v) is 8.56. The zero-order valence-electron chi connectivity index (χ0n) is 15.2. The number of nitrogens with zero attached hydrogens (tertiary/aromatic N) is 5. The first-order chi connectivity index (χ1) is 12.3. The van der Waals surface area contributed by atoms with Crippen molar-refractivity contribution >= 4 is 16.1 Å². The Morgan fingerprint density at radius 3 is 2.15 bits per heavy atom. The van der Waals surface area contributed by atoms with Gasteiger partial charge in [-0.2, -0.15) is 22.1 Å². The van der Waals surface area contributed by atoms with Crippen LogP contribution in [0.4, 0.5) is 0 Å². The average Bonchev–Trinajstić information content (AvgIpc) is 3.07. The molecule has 0 radical (unpaired) electrons. The Balaban J connectivity index is 1.67. The summed E-state index contributed by atoms with van der Waals surface area (Å²) in [7, 11) is -0.410. The van der Waals surface area contributed by atoms with E-state index in [0.29, 0.717) is 31.7 Å². The molecule has 26 heavy (non-hydrogen) atoms. The maximum Gasteiger partial charge on any atom is 0.281 e. The molecule has 0 N–H and O–H groups in total. The number of hydrogen-bond acceptors (Lipinski definition) is 4. The van der Waals surface area contributed by atoms with Gasteiger partial charge in [-0.15, -0.1) is 0 Å². The van der Waals surface area contributed by atoms with Gasteiger partial charge in [0.15, 0.2) is 0 Å². The van der Waals surface area contributed by atoms with E-state index < -0.39 is 10.2 Å². The molecule has 0 bridgehead atoms. The fourth-order valence-corrected chi connectivity index (χ4v) is 4.01. The van der Waals surface area contributed by atoms with Crippen LogP contribution in [0.15, 0.2) is 36.5 Å². The van der Waals surface area contributed by atoms with Crippen molar-refractivity contribution in [3.63, 3.8) is 0 Å². The van der Waals surface area contributed by atoms with Gasteiger partial charge in [-0.1, -0.05) is 0 Å². The molecule has 1 amide bonds. The van der Waals surface area contributed by atoms with Gasteiger partial charge in [0.2, 0.25) is 0 Å². The van der Waals surface area contributed by atoms with Crippen molar-refractivity contribution in [2.45, 2.75) is 6.92 Å². The highest BCUT2D eigenvalue weighted by Crippen LogP contribution is 2.15. The third kappa shape index (κ3) is 3.50. The molecule has 3 rings (SSSR count). The normalized spacial score (nSPS) is 16.2. The molecule has 1 aromatic carbocycles. The van der Waals surface area contributed by atoms with Gasteiger partial charge in [-0.25, -0.2) is 4.68 Å². The van der Waals surface area contributed by atoms with Crippen LogP contribution >= 0.6 is 0 Å². The molecule has 0 spiro atoms. The number of benzene rings is 1. The predicted octanol–water partition coefficient (Wildman–Crippen LogP) is 0.745. The number of piperazine rings is 1. The van der Waals surface area contributed by atoms with Crippen LogP contribution in [0.1, 0.15) is 16.1 Å². The largest absolute Gasteiger partial charge is 0.336 e. The summed E-state index contributed by atoms with van der Waals surface area (Å²) in [5, 5.41) is 4.25. The minimum absolute atomic E-state index is 0.0874. The topological polar surface area (TPSA) is 78.8 Å². The number of hydrogen-bond donors (Lipinski definition) is 0. The quantitative estimate of drug-likeness (QED) is 0.787. The van der Waals surface area contributed by atoms with E-state index in [9.17, 15) is 13.2 Å². The second-order valence-electron chi connectivity index (χ2n) is 6.41. The van der Waals surface area contributed by atoms with Crippen molar-refractivity contribution in [1.29, 1.82) is 0 Å². The summed E-state index contributed by atoms with van der Waals surface area (Å²) in [4.78, 5) is 14.4. The number of amides is 1. The summed E-state index contributed by atoms with van der Waals surface area (Å²) in [6, 6.07) is 9.20. The molecule has 0 unspecified atom stereocenters. The molecule has 2 heterocycles. The van der Waals surface area contributed by atoms with Crippen LogP contribution in [0.3, 0.4) is 0 Å². The van der Waals surface area contributed by atoms with Crippen molar-refractivity contribution in [3.8, 4) is 5.69 Å². The lowest BCUT2D eigenvalue weighted by atomic mass is 10.1. The van der Waals surface area contributed by atoms with Crippen LogP contribution in [0.5, 0.6) is 0 Å². The number of carbonyl (C=O) groups is 1. The van der Waals surface area contributed by atoms with Gasteiger partial charge in [0, 0.05) is 57.7 Å². The van der Waals surface area contributed by atoms with Crippen molar-refractivity contribution < 1.29 is 13.2 Å². The van der Waals surface area contributed by atoms with Crippen LogP contribution in [-0.2, 0) is 10.2 Å². The van der Waals surface area contributed by atoms with Crippen LogP contribution in [0, 0.1) is 6.92 Å². The molecule has 1 saturated heterocycles. The van der Waals surface area contributed by atoms with Crippen molar-refractivity contribution in [3.05, 3.63) is 47.8 Å². The van der Waals surface area contributed by atoms with Crippen molar-refractivity contribution in [2.24, 2.45) is 0 Å². The highest BCUT2D eigenvalue weighted by molar-refractivity contribution is 7.86. The summed E-state index contributed by atoms with van der Waals surface area (Å²) < 4.78 is 28.7. The van der Waals surface area contributed by atoms with Gasteiger partial charge in [0.1, 0.15) is 0 Å². The molecule has 1 aliphatic rings. The van der Waals surface area contributed by atoms with E-state index in [1.54, 1.807) is 27.9 Å². The van der Waals surface area contributed by atoms with E-state index in [1.807, 2.05) is 25.1 Å². The maximum absolute atomic E-state index is 12.7. The van der Waals surface area contributed by atoms with E-state index in [-0.39, 0.29) is 5.91 Å². The van der Waals surface area contributed by atoms with Gasteiger partial charge >= 0.3 is 0 Å². The van der Waals surface area contributed by atoms with Crippen LogP contribution in [-0.4, -0.2) is 77.9 Å². The Hall–Kier alpha value is -2.23. The van der Waals surface area contributed by atoms with Gasteiger partial charge in [0.05, 0.1) is 5.69 Å². The summed E-state index contributed by atoms with van der Waals surface area (Å²) >= 11 is 0. The summed E-state index contributed by atoms with van der Waals surface area (Å²) in [6.07, 6.45) is 1.73. The minimum Gasteiger partial charge on any atom is -0.336 e. The van der Waals surface area contributed by atoms with Crippen molar-refractivity contribution in [1.82, 2.24) is 23.3 Å². The molecule has 0 aliphatic carbocycles. The Labute approximate surface area is 153 Å². The average molecular weight is 377 g/mol. The molecule has 0 saturated carbocycles. The molecular weight excluding hydrogens is 354 g/mol. The molecule has 2 aromatic rings. The zero-order valence-corrected chi connectivity index (χ0v) is 16.0. The lowest BCUT2D eigenvalue weighted by molar-refractivity contribution is 0.0695. The Morgan fingerprint density at radius 1 is 1.04 bits per heavy atom.